The van der Waals surface area contributed by atoms with Gasteiger partial charge in [-0.3, -0.25) is 0 Å². The van der Waals surface area contributed by atoms with E-state index in [2.05, 4.69) is 231 Å². The second-order valence-corrected chi connectivity index (χ2v) is 24.1. The highest BCUT2D eigenvalue weighted by molar-refractivity contribution is 7.22. The molecule has 0 atom stereocenters. The quantitative estimate of drug-likeness (QED) is 0.165. The van der Waals surface area contributed by atoms with E-state index in [-0.39, 0.29) is 23.0 Å². The van der Waals surface area contributed by atoms with Crippen molar-refractivity contribution < 1.29 is 0 Å². The first-order chi connectivity index (χ1) is 28.1. The van der Waals surface area contributed by atoms with Crippen LogP contribution in [0.4, 0.5) is 34.1 Å². The maximum Gasteiger partial charge on any atom is 0.252 e. The fraction of sp³-hybridized carbons (Fsp3) is 0.236. The van der Waals surface area contributed by atoms with Crippen LogP contribution < -0.4 is 46.9 Å². The number of fused-ring (bicyclic) bond motifs is 6. The lowest BCUT2D eigenvalue weighted by atomic mass is 9.33. The third kappa shape index (κ3) is 5.59. The van der Waals surface area contributed by atoms with Crippen LogP contribution >= 0.6 is 0 Å². The number of hydrogen-bond acceptors (Lipinski definition) is 2. The molecule has 0 saturated heterocycles. The smallest absolute Gasteiger partial charge is 0.252 e. The van der Waals surface area contributed by atoms with Gasteiger partial charge in [0.1, 0.15) is 0 Å². The molecule has 3 aliphatic heterocycles. The van der Waals surface area contributed by atoms with Gasteiger partial charge in [0.2, 0.25) is 0 Å². The zero-order valence-corrected chi connectivity index (χ0v) is 37.4. The van der Waals surface area contributed by atoms with Gasteiger partial charge in [-0.15, -0.1) is 0 Å². The number of anilines is 6. The van der Waals surface area contributed by atoms with E-state index in [0.29, 0.717) is 0 Å². The Morgan fingerprint density at radius 3 is 1.54 bits per heavy atom. The Kier molecular flexibility index (Phi) is 8.28. The van der Waals surface area contributed by atoms with Gasteiger partial charge in [-0.25, -0.2) is 0 Å². The number of rotatable bonds is 3. The molecule has 0 fully saturated rings. The standard InChI is InChI=1S/C55H55BN2Si/c1-36-28-29-43-46(30-36)57(40-32-37(53(2,3)4)31-38(33-40)54(5,6)7)47-34-39(55(8,9)10)35-48-51(47)56(43)44-24-19-27-50-52(44)58(48)45-25-17-18-26-49(45)59(50,41-20-13-11-14-21-41)42-22-15-12-16-23-42/h11-35H,1-10H3. The third-order valence-electron chi connectivity index (χ3n) is 13.4. The molecule has 7 aromatic carbocycles. The molecule has 4 heteroatoms. The Morgan fingerprint density at radius 2 is 0.949 bits per heavy atom. The average Bonchev–Trinajstić information content (AvgIpc) is 3.21. The monoisotopic (exact) mass is 782 g/mol. The molecule has 0 bridgehead atoms. The summed E-state index contributed by atoms with van der Waals surface area (Å²) in [7, 11) is -2.81. The molecule has 0 unspecified atom stereocenters. The van der Waals surface area contributed by atoms with E-state index in [1.807, 2.05) is 0 Å². The second-order valence-electron chi connectivity index (χ2n) is 20.4. The predicted octanol–water partition coefficient (Wildman–Crippen LogP) is 9.66. The van der Waals surface area contributed by atoms with Crippen molar-refractivity contribution in [2.45, 2.75) is 85.5 Å². The topological polar surface area (TPSA) is 6.48 Å². The summed E-state index contributed by atoms with van der Waals surface area (Å²) in [4.78, 5) is 5.32. The van der Waals surface area contributed by atoms with Crippen molar-refractivity contribution in [2.24, 2.45) is 0 Å². The average molecular weight is 783 g/mol. The minimum absolute atomic E-state index is 0.0167. The number of para-hydroxylation sites is 2. The van der Waals surface area contributed by atoms with Crippen LogP contribution in [0.5, 0.6) is 0 Å². The molecule has 3 aliphatic rings. The van der Waals surface area contributed by atoms with E-state index >= 15 is 0 Å². The molecule has 10 rings (SSSR count). The van der Waals surface area contributed by atoms with Crippen molar-refractivity contribution in [1.82, 2.24) is 0 Å². The van der Waals surface area contributed by atoms with Crippen molar-refractivity contribution in [2.75, 3.05) is 9.80 Å². The summed E-state index contributed by atoms with van der Waals surface area (Å²) < 4.78 is 0. The summed E-state index contributed by atoms with van der Waals surface area (Å²) in [5, 5.41) is 5.73. The Hall–Kier alpha value is -5.58. The molecule has 0 aromatic heterocycles. The van der Waals surface area contributed by atoms with E-state index < -0.39 is 8.07 Å². The molecule has 0 saturated carbocycles. The lowest BCUT2D eigenvalue weighted by Crippen LogP contribution is -2.79. The highest BCUT2D eigenvalue weighted by Gasteiger charge is 2.53. The molecule has 59 heavy (non-hydrogen) atoms. The highest BCUT2D eigenvalue weighted by Crippen LogP contribution is 2.48. The maximum atomic E-state index is 2.69. The second kappa shape index (κ2) is 13.0. The first-order valence-electron chi connectivity index (χ1n) is 21.5. The van der Waals surface area contributed by atoms with E-state index in [0.717, 1.165) is 0 Å². The van der Waals surface area contributed by atoms with Crippen LogP contribution in [-0.2, 0) is 16.2 Å². The van der Waals surface area contributed by atoms with Crippen LogP contribution in [-0.4, -0.2) is 14.8 Å². The summed E-state index contributed by atoms with van der Waals surface area (Å²) in [5.74, 6) is 0. The van der Waals surface area contributed by atoms with Crippen LogP contribution in [0.25, 0.3) is 0 Å². The summed E-state index contributed by atoms with van der Waals surface area (Å²) in [5.41, 5.74) is 17.1. The van der Waals surface area contributed by atoms with E-state index in [1.165, 1.54) is 93.5 Å². The van der Waals surface area contributed by atoms with Gasteiger partial charge in [0, 0.05) is 34.1 Å². The fourth-order valence-electron chi connectivity index (χ4n) is 10.3. The molecule has 0 amide bonds. The van der Waals surface area contributed by atoms with Gasteiger partial charge >= 0.3 is 0 Å². The first kappa shape index (κ1) is 37.7. The molecule has 7 aromatic rings. The molecule has 3 heterocycles. The largest absolute Gasteiger partial charge is 0.312 e. The molecule has 0 spiro atoms. The molecule has 2 nitrogen and oxygen atoms in total. The molecular weight excluding hydrogens is 728 g/mol. The van der Waals surface area contributed by atoms with Gasteiger partial charge in [0.15, 0.2) is 8.07 Å². The first-order valence-corrected chi connectivity index (χ1v) is 23.5. The van der Waals surface area contributed by atoms with E-state index in [9.17, 15) is 0 Å². The van der Waals surface area contributed by atoms with Gasteiger partial charge in [0.05, 0.1) is 0 Å². The molecule has 0 radical (unpaired) electrons. The van der Waals surface area contributed by atoms with Crippen molar-refractivity contribution in [3.8, 4) is 0 Å². The molecular formula is C55H55BN2Si. The van der Waals surface area contributed by atoms with Gasteiger partial charge in [0.25, 0.3) is 6.71 Å². The lowest BCUT2D eigenvalue weighted by Gasteiger charge is -2.51. The third-order valence-corrected chi connectivity index (χ3v) is 18.2. The summed E-state index contributed by atoms with van der Waals surface area (Å²) in [6.45, 7) is 23.5. The van der Waals surface area contributed by atoms with Crippen molar-refractivity contribution in [3.05, 3.63) is 174 Å². The number of nitrogens with zero attached hydrogens (tertiary/aromatic N) is 2. The Balaban J connectivity index is 1.36. The Morgan fingerprint density at radius 1 is 0.424 bits per heavy atom. The van der Waals surface area contributed by atoms with E-state index in [4.69, 9.17) is 0 Å². The van der Waals surface area contributed by atoms with Crippen LogP contribution in [0.2, 0.25) is 0 Å². The predicted molar refractivity (Wildman–Crippen MR) is 258 cm³/mol. The molecule has 292 valence electrons. The van der Waals surface area contributed by atoms with Gasteiger partial charge < -0.3 is 9.80 Å². The summed E-state index contributed by atoms with van der Waals surface area (Å²) in [6.07, 6.45) is 0. The Bertz CT molecular complexity index is 2730. The SMILES string of the molecule is Cc1ccc2c(c1)N(c1cc(C(C)(C)C)cc(C(C)(C)C)c1)c1cc(C(C)(C)C)cc3c1B2c1cccc2c1N3c1ccccc1[Si]2(c1ccccc1)c1ccccc1. The number of benzene rings is 7. The zero-order valence-electron chi connectivity index (χ0n) is 36.4. The summed E-state index contributed by atoms with van der Waals surface area (Å²) in [6, 6.07) is 59.2. The summed E-state index contributed by atoms with van der Waals surface area (Å²) >= 11 is 0. The van der Waals surface area contributed by atoms with Crippen LogP contribution in [0.3, 0.4) is 0 Å². The minimum atomic E-state index is -2.81. The van der Waals surface area contributed by atoms with Crippen LogP contribution in [0, 0.1) is 6.92 Å². The molecule has 0 N–H and O–H groups in total. The molecule has 0 aliphatic carbocycles. The van der Waals surface area contributed by atoms with Crippen molar-refractivity contribution >= 4 is 86.0 Å². The van der Waals surface area contributed by atoms with Gasteiger partial charge in [-0.1, -0.05) is 178 Å². The normalized spacial score (nSPS) is 15.0. The number of aryl methyl sites for hydroxylation is 1. The van der Waals surface area contributed by atoms with Gasteiger partial charge in [-0.2, -0.15) is 0 Å². The number of hydrogen-bond donors (Lipinski definition) is 0. The van der Waals surface area contributed by atoms with Crippen LogP contribution in [0.1, 0.15) is 84.6 Å². The van der Waals surface area contributed by atoms with Crippen molar-refractivity contribution in [3.63, 3.8) is 0 Å². The van der Waals surface area contributed by atoms with E-state index in [1.54, 1.807) is 0 Å². The maximum absolute atomic E-state index is 2.81. The lowest BCUT2D eigenvalue weighted by molar-refractivity contribution is 0.569. The van der Waals surface area contributed by atoms with Crippen LogP contribution in [0.15, 0.2) is 152 Å². The van der Waals surface area contributed by atoms with Gasteiger partial charge in [-0.05, 0) is 119 Å². The highest BCUT2D eigenvalue weighted by atomic mass is 28.3. The Labute approximate surface area is 353 Å². The minimum Gasteiger partial charge on any atom is -0.312 e. The zero-order chi connectivity index (χ0) is 41.2. The van der Waals surface area contributed by atoms with Crippen molar-refractivity contribution in [1.29, 1.82) is 0 Å². The fourth-order valence-corrected chi connectivity index (χ4v) is 15.5.